The zero-order valence-electron chi connectivity index (χ0n) is 8.70. The zero-order valence-corrected chi connectivity index (χ0v) is 9.52. The van der Waals surface area contributed by atoms with Crippen LogP contribution in [0.2, 0.25) is 0 Å². The molecule has 90 valence electrons. The van der Waals surface area contributed by atoms with Crippen molar-refractivity contribution in [3.8, 4) is 0 Å². The number of ether oxygens (including phenoxy) is 1. The molecule has 0 aliphatic rings. The predicted octanol–water partition coefficient (Wildman–Crippen LogP) is 0.401. The van der Waals surface area contributed by atoms with E-state index in [1.165, 1.54) is 12.1 Å². The molecule has 0 heterocycles. The van der Waals surface area contributed by atoms with E-state index in [9.17, 15) is 8.42 Å². The van der Waals surface area contributed by atoms with Crippen LogP contribution < -0.4 is 0 Å². The molecule has 0 atom stereocenters. The first-order valence-corrected chi connectivity index (χ1v) is 6.21. The van der Waals surface area contributed by atoms with Gasteiger partial charge in [-0.25, -0.2) is 0 Å². The summed E-state index contributed by atoms with van der Waals surface area (Å²) < 4.78 is 32.7. The number of benzene rings is 1. The van der Waals surface area contributed by atoms with Crippen LogP contribution in [0, 0.1) is 0 Å². The molecule has 6 heteroatoms. The summed E-state index contributed by atoms with van der Waals surface area (Å²) in [5.74, 6) is 0. The van der Waals surface area contributed by atoms with E-state index in [4.69, 9.17) is 14.0 Å². The highest BCUT2D eigenvalue weighted by molar-refractivity contribution is 7.86. The Morgan fingerprint density at radius 1 is 1.06 bits per heavy atom. The predicted molar refractivity (Wildman–Crippen MR) is 57.5 cm³/mol. The fourth-order valence-corrected chi connectivity index (χ4v) is 1.94. The molecule has 0 aliphatic heterocycles. The van der Waals surface area contributed by atoms with Gasteiger partial charge in [-0.05, 0) is 12.1 Å². The molecule has 0 aromatic heterocycles. The average Bonchev–Trinajstić information content (AvgIpc) is 2.30. The molecule has 1 aromatic carbocycles. The van der Waals surface area contributed by atoms with Crippen molar-refractivity contribution in [3.63, 3.8) is 0 Å². The summed E-state index contributed by atoms with van der Waals surface area (Å²) in [5.41, 5.74) is 0. The van der Waals surface area contributed by atoms with Crippen LogP contribution in [0.5, 0.6) is 0 Å². The Bertz CT molecular complexity index is 387. The van der Waals surface area contributed by atoms with Crippen LogP contribution in [0.15, 0.2) is 35.2 Å². The van der Waals surface area contributed by atoms with E-state index < -0.39 is 10.1 Å². The molecule has 0 aliphatic carbocycles. The van der Waals surface area contributed by atoms with Crippen molar-refractivity contribution >= 4 is 10.1 Å². The molecule has 0 amide bonds. The van der Waals surface area contributed by atoms with E-state index >= 15 is 0 Å². The highest BCUT2D eigenvalue weighted by Crippen LogP contribution is 2.10. The number of rotatable bonds is 7. The van der Waals surface area contributed by atoms with Crippen LogP contribution in [0.4, 0.5) is 0 Å². The van der Waals surface area contributed by atoms with Crippen molar-refractivity contribution in [2.75, 3.05) is 26.4 Å². The van der Waals surface area contributed by atoms with Gasteiger partial charge in [-0.15, -0.1) is 0 Å². The molecule has 5 nitrogen and oxygen atoms in total. The lowest BCUT2D eigenvalue weighted by Crippen LogP contribution is -2.12. The van der Waals surface area contributed by atoms with Gasteiger partial charge in [0.2, 0.25) is 0 Å². The summed E-state index contributed by atoms with van der Waals surface area (Å²) in [6, 6.07) is 7.90. The highest BCUT2D eigenvalue weighted by atomic mass is 32.2. The molecule has 1 N–H and O–H groups in total. The second-order valence-corrected chi connectivity index (χ2v) is 4.54. The lowest BCUT2D eigenvalue weighted by molar-refractivity contribution is 0.0719. The van der Waals surface area contributed by atoms with Gasteiger partial charge in [0.05, 0.1) is 31.3 Å². The molecule has 16 heavy (non-hydrogen) atoms. The van der Waals surface area contributed by atoms with E-state index in [1.807, 2.05) is 0 Å². The van der Waals surface area contributed by atoms with Crippen molar-refractivity contribution in [1.29, 1.82) is 0 Å². The second-order valence-electron chi connectivity index (χ2n) is 2.93. The summed E-state index contributed by atoms with van der Waals surface area (Å²) in [4.78, 5) is 0.122. The summed E-state index contributed by atoms with van der Waals surface area (Å²) in [6.45, 7) is 0.157. The Morgan fingerprint density at radius 3 is 2.38 bits per heavy atom. The second kappa shape index (κ2) is 6.59. The van der Waals surface area contributed by atoms with Crippen molar-refractivity contribution in [3.05, 3.63) is 30.3 Å². The fourth-order valence-electron chi connectivity index (χ4n) is 1.02. The van der Waals surface area contributed by atoms with Crippen LogP contribution in [0.1, 0.15) is 0 Å². The van der Waals surface area contributed by atoms with Crippen LogP contribution >= 0.6 is 0 Å². The maximum absolute atomic E-state index is 11.5. The minimum absolute atomic E-state index is 0.0583. The first-order valence-electron chi connectivity index (χ1n) is 4.80. The Labute approximate surface area is 94.7 Å². The molecule has 0 saturated carbocycles. The summed E-state index contributed by atoms with van der Waals surface area (Å²) in [5, 5.41) is 8.42. The molecule has 0 spiro atoms. The third-order valence-corrected chi connectivity index (χ3v) is 3.06. The number of hydrogen-bond donors (Lipinski definition) is 1. The van der Waals surface area contributed by atoms with Gasteiger partial charge in [0.1, 0.15) is 0 Å². The third-order valence-electron chi connectivity index (χ3n) is 1.73. The molecular weight excluding hydrogens is 232 g/mol. The maximum atomic E-state index is 11.5. The summed E-state index contributed by atoms with van der Waals surface area (Å²) in [6.07, 6.45) is 0. The largest absolute Gasteiger partial charge is 0.394 e. The van der Waals surface area contributed by atoms with E-state index in [-0.39, 0.29) is 31.3 Å². The molecule has 0 saturated heterocycles. The number of aliphatic hydroxyl groups is 1. The summed E-state index contributed by atoms with van der Waals surface area (Å²) in [7, 11) is -3.69. The van der Waals surface area contributed by atoms with E-state index in [0.29, 0.717) is 0 Å². The first kappa shape index (κ1) is 13.1. The van der Waals surface area contributed by atoms with Gasteiger partial charge in [-0.2, -0.15) is 8.42 Å². The minimum atomic E-state index is -3.69. The van der Waals surface area contributed by atoms with Crippen molar-refractivity contribution in [1.82, 2.24) is 0 Å². The molecule has 0 bridgehead atoms. The Balaban J connectivity index is 2.41. The fraction of sp³-hybridized carbons (Fsp3) is 0.400. The topological polar surface area (TPSA) is 72.8 Å². The first-order chi connectivity index (χ1) is 7.67. The van der Waals surface area contributed by atoms with E-state index in [2.05, 4.69) is 0 Å². The Morgan fingerprint density at radius 2 is 1.75 bits per heavy atom. The minimum Gasteiger partial charge on any atom is -0.394 e. The highest BCUT2D eigenvalue weighted by Gasteiger charge is 2.13. The van der Waals surface area contributed by atoms with Crippen LogP contribution in [0.3, 0.4) is 0 Å². The van der Waals surface area contributed by atoms with Gasteiger partial charge in [0.25, 0.3) is 10.1 Å². The average molecular weight is 246 g/mol. The Kier molecular flexibility index (Phi) is 5.41. The van der Waals surface area contributed by atoms with Gasteiger partial charge in [0.15, 0.2) is 0 Å². The van der Waals surface area contributed by atoms with Crippen LogP contribution in [-0.2, 0) is 19.0 Å². The van der Waals surface area contributed by atoms with Gasteiger partial charge in [0, 0.05) is 0 Å². The molecule has 0 fully saturated rings. The van der Waals surface area contributed by atoms with Gasteiger partial charge in [-0.3, -0.25) is 4.18 Å². The van der Waals surface area contributed by atoms with Crippen molar-refractivity contribution < 1.29 is 22.4 Å². The van der Waals surface area contributed by atoms with Gasteiger partial charge in [-0.1, -0.05) is 18.2 Å². The molecule has 1 aromatic rings. The standard InChI is InChI=1S/C10H14O5S/c11-6-7-14-8-9-15-16(12,13)10-4-2-1-3-5-10/h1-5,11H,6-9H2. The lowest BCUT2D eigenvalue weighted by atomic mass is 10.4. The molecule has 0 radical (unpaired) electrons. The van der Waals surface area contributed by atoms with E-state index in [0.717, 1.165) is 0 Å². The number of aliphatic hydroxyl groups excluding tert-OH is 1. The SMILES string of the molecule is O=S(=O)(OCCOCCO)c1ccccc1. The lowest BCUT2D eigenvalue weighted by Gasteiger charge is -2.05. The summed E-state index contributed by atoms with van der Waals surface area (Å²) >= 11 is 0. The smallest absolute Gasteiger partial charge is 0.297 e. The van der Waals surface area contributed by atoms with Crippen LogP contribution in [0.25, 0.3) is 0 Å². The van der Waals surface area contributed by atoms with Crippen molar-refractivity contribution in [2.24, 2.45) is 0 Å². The quantitative estimate of drug-likeness (QED) is 0.557. The molecule has 1 rings (SSSR count). The normalized spacial score (nSPS) is 11.6. The Hall–Kier alpha value is -0.950. The number of hydrogen-bond acceptors (Lipinski definition) is 5. The zero-order chi connectivity index (χ0) is 11.9. The monoisotopic (exact) mass is 246 g/mol. The van der Waals surface area contributed by atoms with Crippen molar-refractivity contribution in [2.45, 2.75) is 4.90 Å². The third kappa shape index (κ3) is 4.28. The van der Waals surface area contributed by atoms with Gasteiger partial charge >= 0.3 is 0 Å². The molecular formula is C10H14O5S. The maximum Gasteiger partial charge on any atom is 0.297 e. The molecule has 0 unspecified atom stereocenters. The van der Waals surface area contributed by atoms with E-state index in [1.54, 1.807) is 18.2 Å². The van der Waals surface area contributed by atoms with Crippen LogP contribution in [-0.4, -0.2) is 40.0 Å². The van der Waals surface area contributed by atoms with Gasteiger partial charge < -0.3 is 9.84 Å².